The van der Waals surface area contributed by atoms with Crippen LogP contribution in [0.5, 0.6) is 0 Å². The lowest BCUT2D eigenvalue weighted by molar-refractivity contribution is -0.150. The van der Waals surface area contributed by atoms with E-state index in [0.717, 1.165) is 16.7 Å². The quantitative estimate of drug-likeness (QED) is 0.814. The van der Waals surface area contributed by atoms with Gasteiger partial charge in [-0.1, -0.05) is 23.8 Å². The van der Waals surface area contributed by atoms with Gasteiger partial charge in [-0.15, -0.1) is 0 Å². The number of esters is 1. The zero-order valence-corrected chi connectivity index (χ0v) is 11.3. The van der Waals surface area contributed by atoms with Crippen molar-refractivity contribution < 1.29 is 9.53 Å². The highest BCUT2D eigenvalue weighted by molar-refractivity contribution is 5.82. The van der Waals surface area contributed by atoms with Crippen LogP contribution in [0.15, 0.2) is 18.2 Å². The molecule has 0 aliphatic carbocycles. The molecule has 1 aromatic rings. The van der Waals surface area contributed by atoms with Crippen LogP contribution in [0.3, 0.4) is 0 Å². The largest absolute Gasteiger partial charge is 0.464 e. The lowest BCUT2D eigenvalue weighted by Gasteiger charge is -2.29. The maximum atomic E-state index is 12.1. The van der Waals surface area contributed by atoms with Crippen molar-refractivity contribution in [2.24, 2.45) is 0 Å². The van der Waals surface area contributed by atoms with Crippen LogP contribution in [0.4, 0.5) is 0 Å². The first-order valence-corrected chi connectivity index (χ1v) is 5.89. The summed E-state index contributed by atoms with van der Waals surface area (Å²) in [5.41, 5.74) is 2.40. The first-order chi connectivity index (χ1) is 7.95. The maximum Gasteiger partial charge on any atom is 0.330 e. The van der Waals surface area contributed by atoms with Gasteiger partial charge in [-0.25, -0.2) is 4.79 Å². The van der Waals surface area contributed by atoms with Crippen molar-refractivity contribution in [3.8, 4) is 0 Å². The first-order valence-electron chi connectivity index (χ1n) is 5.89. The van der Waals surface area contributed by atoms with Gasteiger partial charge in [0, 0.05) is 0 Å². The van der Waals surface area contributed by atoms with Crippen LogP contribution < -0.4 is 5.32 Å². The molecule has 0 aromatic heterocycles. The van der Waals surface area contributed by atoms with Gasteiger partial charge in [0.1, 0.15) is 5.54 Å². The van der Waals surface area contributed by atoms with Crippen LogP contribution in [-0.2, 0) is 15.1 Å². The molecular formula is C14H21NO2. The van der Waals surface area contributed by atoms with Crippen molar-refractivity contribution in [3.05, 3.63) is 34.9 Å². The Hall–Kier alpha value is -1.35. The average Bonchev–Trinajstić information content (AvgIpc) is 2.31. The molecule has 0 bridgehead atoms. The minimum absolute atomic E-state index is 0.240. The molecular weight excluding hydrogens is 214 g/mol. The van der Waals surface area contributed by atoms with Gasteiger partial charge in [-0.05, 0) is 45.9 Å². The van der Waals surface area contributed by atoms with E-state index in [9.17, 15) is 4.79 Å². The molecule has 0 saturated heterocycles. The molecule has 1 aromatic carbocycles. The fraction of sp³-hybridized carbons (Fsp3) is 0.500. The lowest BCUT2D eigenvalue weighted by Crippen LogP contribution is -2.46. The van der Waals surface area contributed by atoms with Crippen LogP contribution in [0.1, 0.15) is 30.5 Å². The minimum Gasteiger partial charge on any atom is -0.464 e. The van der Waals surface area contributed by atoms with E-state index >= 15 is 0 Å². The predicted octanol–water partition coefficient (Wildman–Crippen LogP) is 2.30. The molecule has 1 N–H and O–H groups in total. The molecule has 0 radical (unpaired) electrons. The standard InChI is InChI=1S/C14H21NO2/c1-6-17-13(16)14(4,15-5)12-9-10(2)7-8-11(12)3/h7-9,15H,6H2,1-5H3. The highest BCUT2D eigenvalue weighted by Gasteiger charge is 2.36. The molecule has 0 spiro atoms. The monoisotopic (exact) mass is 235 g/mol. The Balaban J connectivity index is 3.24. The van der Waals surface area contributed by atoms with Gasteiger partial charge in [0.25, 0.3) is 0 Å². The van der Waals surface area contributed by atoms with Crippen molar-refractivity contribution in [2.75, 3.05) is 13.7 Å². The minimum atomic E-state index is -0.786. The second-order valence-corrected chi connectivity index (χ2v) is 4.41. The first kappa shape index (κ1) is 13.7. The third-order valence-electron chi connectivity index (χ3n) is 3.12. The average molecular weight is 235 g/mol. The topological polar surface area (TPSA) is 38.3 Å². The molecule has 0 aliphatic rings. The van der Waals surface area contributed by atoms with Crippen LogP contribution in [0.2, 0.25) is 0 Å². The predicted molar refractivity (Wildman–Crippen MR) is 69.0 cm³/mol. The number of likely N-dealkylation sites (N-methyl/N-ethyl adjacent to an activating group) is 1. The Kier molecular flexibility index (Phi) is 4.29. The van der Waals surface area contributed by atoms with E-state index < -0.39 is 5.54 Å². The normalized spacial score (nSPS) is 14.2. The van der Waals surface area contributed by atoms with Crippen molar-refractivity contribution >= 4 is 5.97 Å². The molecule has 17 heavy (non-hydrogen) atoms. The Morgan fingerprint density at radius 1 is 1.41 bits per heavy atom. The zero-order chi connectivity index (χ0) is 13.1. The van der Waals surface area contributed by atoms with Crippen molar-refractivity contribution in [1.29, 1.82) is 0 Å². The fourth-order valence-corrected chi connectivity index (χ4v) is 1.90. The molecule has 0 amide bonds. The number of ether oxygens (including phenoxy) is 1. The third-order valence-corrected chi connectivity index (χ3v) is 3.12. The summed E-state index contributed by atoms with van der Waals surface area (Å²) in [4.78, 5) is 12.1. The molecule has 3 heteroatoms. The lowest BCUT2D eigenvalue weighted by atomic mass is 9.87. The van der Waals surface area contributed by atoms with Crippen molar-refractivity contribution in [2.45, 2.75) is 33.2 Å². The van der Waals surface area contributed by atoms with E-state index in [4.69, 9.17) is 4.74 Å². The molecule has 3 nitrogen and oxygen atoms in total. The fourth-order valence-electron chi connectivity index (χ4n) is 1.90. The van der Waals surface area contributed by atoms with Crippen molar-refractivity contribution in [3.63, 3.8) is 0 Å². The van der Waals surface area contributed by atoms with E-state index in [1.54, 1.807) is 7.05 Å². The van der Waals surface area contributed by atoms with Crippen LogP contribution in [0, 0.1) is 13.8 Å². The number of hydrogen-bond donors (Lipinski definition) is 1. The summed E-state index contributed by atoms with van der Waals surface area (Å²) >= 11 is 0. The molecule has 0 aliphatic heterocycles. The van der Waals surface area contributed by atoms with Gasteiger partial charge < -0.3 is 10.1 Å². The van der Waals surface area contributed by atoms with E-state index in [-0.39, 0.29) is 5.97 Å². The number of aryl methyl sites for hydroxylation is 2. The smallest absolute Gasteiger partial charge is 0.330 e. The summed E-state index contributed by atoms with van der Waals surface area (Å²) in [6.07, 6.45) is 0. The molecule has 0 heterocycles. The van der Waals surface area contributed by atoms with E-state index in [2.05, 4.69) is 5.32 Å². The second-order valence-electron chi connectivity index (χ2n) is 4.41. The summed E-state index contributed by atoms with van der Waals surface area (Å²) in [6, 6.07) is 6.10. The van der Waals surface area contributed by atoms with Gasteiger partial charge in [0.2, 0.25) is 0 Å². The summed E-state index contributed by atoms with van der Waals surface area (Å²) < 4.78 is 5.15. The number of carbonyl (C=O) groups excluding carboxylic acids is 1. The third kappa shape index (κ3) is 2.67. The highest BCUT2D eigenvalue weighted by Crippen LogP contribution is 2.26. The Morgan fingerprint density at radius 2 is 2.06 bits per heavy atom. The van der Waals surface area contributed by atoms with E-state index in [1.807, 2.05) is 45.9 Å². The van der Waals surface area contributed by atoms with Gasteiger partial charge in [0.15, 0.2) is 0 Å². The molecule has 1 rings (SSSR count). The Labute approximate surface area is 103 Å². The molecule has 0 fully saturated rings. The summed E-state index contributed by atoms with van der Waals surface area (Å²) in [5.74, 6) is -0.240. The van der Waals surface area contributed by atoms with Gasteiger partial charge in [-0.2, -0.15) is 0 Å². The van der Waals surface area contributed by atoms with Gasteiger partial charge >= 0.3 is 5.97 Å². The summed E-state index contributed by atoms with van der Waals surface area (Å²) in [6.45, 7) is 8.08. The van der Waals surface area contributed by atoms with Crippen molar-refractivity contribution in [1.82, 2.24) is 5.32 Å². The van der Waals surface area contributed by atoms with Gasteiger partial charge in [0.05, 0.1) is 6.61 Å². The van der Waals surface area contributed by atoms with E-state index in [0.29, 0.717) is 6.61 Å². The summed E-state index contributed by atoms with van der Waals surface area (Å²) in [5, 5.41) is 3.07. The Bertz CT molecular complexity index is 415. The summed E-state index contributed by atoms with van der Waals surface area (Å²) in [7, 11) is 1.78. The van der Waals surface area contributed by atoms with E-state index in [1.165, 1.54) is 0 Å². The van der Waals surface area contributed by atoms with Crippen LogP contribution in [-0.4, -0.2) is 19.6 Å². The number of rotatable bonds is 4. The van der Waals surface area contributed by atoms with Crippen LogP contribution >= 0.6 is 0 Å². The zero-order valence-electron chi connectivity index (χ0n) is 11.3. The SMILES string of the molecule is CCOC(=O)C(C)(NC)c1cc(C)ccc1C. The number of carbonyl (C=O) groups is 1. The highest BCUT2D eigenvalue weighted by atomic mass is 16.5. The molecule has 94 valence electrons. The maximum absolute atomic E-state index is 12.1. The molecule has 0 saturated carbocycles. The van der Waals surface area contributed by atoms with Gasteiger partial charge in [-0.3, -0.25) is 0 Å². The molecule has 1 atom stereocenters. The number of nitrogens with one attached hydrogen (secondary N) is 1. The Morgan fingerprint density at radius 3 is 2.59 bits per heavy atom. The van der Waals surface area contributed by atoms with Crippen LogP contribution in [0.25, 0.3) is 0 Å². The number of hydrogen-bond acceptors (Lipinski definition) is 3. The molecule has 1 unspecified atom stereocenters. The second kappa shape index (κ2) is 5.32. The number of benzene rings is 1.